The minimum atomic E-state index is 0.471. The van der Waals surface area contributed by atoms with Crippen LogP contribution in [0.5, 0.6) is 0 Å². The lowest BCUT2D eigenvalue weighted by Gasteiger charge is -2.21. The Morgan fingerprint density at radius 1 is 1.21 bits per heavy atom. The molecule has 0 saturated carbocycles. The van der Waals surface area contributed by atoms with Crippen molar-refractivity contribution in [1.29, 1.82) is 0 Å². The molecule has 0 saturated heterocycles. The lowest BCUT2D eigenvalue weighted by atomic mass is 10.0. The van der Waals surface area contributed by atoms with Crippen molar-refractivity contribution in [1.82, 2.24) is 5.32 Å². The average molecular weight is 264 g/mol. The Hall–Kier alpha value is -1.06. The third kappa shape index (κ3) is 5.21. The Kier molecular flexibility index (Phi) is 7.53. The van der Waals surface area contributed by atoms with Crippen LogP contribution in [0.3, 0.4) is 0 Å². The molecule has 1 aromatic rings. The minimum Gasteiger partial charge on any atom is -0.383 e. The van der Waals surface area contributed by atoms with Gasteiger partial charge in [0.15, 0.2) is 0 Å². The van der Waals surface area contributed by atoms with Crippen molar-refractivity contribution in [3.8, 4) is 0 Å². The average Bonchev–Trinajstić information content (AvgIpc) is 2.46. The Bertz CT molecular complexity index is 337. The molecular formula is C16H28N2O. The maximum Gasteiger partial charge on any atom is 0.0637 e. The number of nitrogens with zero attached hydrogens (tertiary/aromatic N) is 1. The topological polar surface area (TPSA) is 24.5 Å². The predicted molar refractivity (Wildman–Crippen MR) is 82.9 cm³/mol. The van der Waals surface area contributed by atoms with E-state index in [0.717, 1.165) is 26.1 Å². The van der Waals surface area contributed by atoms with E-state index in [1.807, 2.05) is 0 Å². The zero-order chi connectivity index (χ0) is 14.1. The number of benzene rings is 1. The first-order valence-corrected chi connectivity index (χ1v) is 7.26. The van der Waals surface area contributed by atoms with Gasteiger partial charge in [-0.15, -0.1) is 0 Å². The number of ether oxygens (including phenoxy) is 1. The summed E-state index contributed by atoms with van der Waals surface area (Å²) in [6, 6.07) is 9.33. The number of nitrogens with one attached hydrogen (secondary N) is 1. The molecule has 0 aromatic heterocycles. The monoisotopic (exact) mass is 264 g/mol. The van der Waals surface area contributed by atoms with Gasteiger partial charge in [-0.3, -0.25) is 0 Å². The molecule has 1 atom stereocenters. The highest BCUT2D eigenvalue weighted by molar-refractivity contribution is 5.47. The quantitative estimate of drug-likeness (QED) is 0.741. The van der Waals surface area contributed by atoms with Crippen LogP contribution in [-0.2, 0) is 4.74 Å². The first-order valence-electron chi connectivity index (χ1n) is 7.26. The van der Waals surface area contributed by atoms with Crippen LogP contribution in [0, 0.1) is 0 Å². The molecule has 0 fully saturated rings. The van der Waals surface area contributed by atoms with Crippen LogP contribution >= 0.6 is 0 Å². The fourth-order valence-electron chi connectivity index (χ4n) is 2.13. The van der Waals surface area contributed by atoms with Gasteiger partial charge in [-0.25, -0.2) is 0 Å². The molecule has 0 radical (unpaired) electrons. The molecule has 0 heterocycles. The molecule has 3 heteroatoms. The van der Waals surface area contributed by atoms with E-state index in [1.54, 1.807) is 7.11 Å². The maximum absolute atomic E-state index is 5.11. The van der Waals surface area contributed by atoms with Gasteiger partial charge in [0.05, 0.1) is 6.61 Å². The third-order valence-electron chi connectivity index (χ3n) is 3.42. The molecule has 3 nitrogen and oxygen atoms in total. The van der Waals surface area contributed by atoms with Crippen molar-refractivity contribution in [2.24, 2.45) is 0 Å². The molecule has 0 amide bonds. The Balaban J connectivity index is 2.63. The summed E-state index contributed by atoms with van der Waals surface area (Å²) in [5.41, 5.74) is 2.62. The van der Waals surface area contributed by atoms with E-state index in [0.29, 0.717) is 6.04 Å². The molecule has 0 bridgehead atoms. The highest BCUT2D eigenvalue weighted by Gasteiger charge is 2.08. The Morgan fingerprint density at radius 2 is 1.89 bits per heavy atom. The van der Waals surface area contributed by atoms with Gasteiger partial charge in [0.25, 0.3) is 0 Å². The highest BCUT2D eigenvalue weighted by Crippen LogP contribution is 2.20. The summed E-state index contributed by atoms with van der Waals surface area (Å²) < 4.78 is 5.11. The van der Waals surface area contributed by atoms with Crippen molar-refractivity contribution < 1.29 is 4.74 Å². The van der Waals surface area contributed by atoms with Gasteiger partial charge in [-0.2, -0.15) is 0 Å². The smallest absolute Gasteiger partial charge is 0.0637 e. The molecule has 1 N–H and O–H groups in total. The van der Waals surface area contributed by atoms with Crippen LogP contribution < -0.4 is 10.2 Å². The fraction of sp³-hybridized carbons (Fsp3) is 0.625. The second-order valence-electron chi connectivity index (χ2n) is 4.92. The van der Waals surface area contributed by atoms with E-state index in [1.165, 1.54) is 17.7 Å². The summed E-state index contributed by atoms with van der Waals surface area (Å²) in [7, 11) is 3.84. The summed E-state index contributed by atoms with van der Waals surface area (Å²) in [5.74, 6) is 0. The standard InChI is InChI=1S/C16H28N2O/c1-5-11-17-16(6-2)14-7-9-15(10-8-14)18(3)12-13-19-4/h7-10,16-17H,5-6,11-13H2,1-4H3. The summed E-state index contributed by atoms with van der Waals surface area (Å²) in [6.45, 7) is 7.18. The second kappa shape index (κ2) is 8.94. The van der Waals surface area contributed by atoms with Crippen LogP contribution in [-0.4, -0.2) is 33.9 Å². The number of methoxy groups -OCH3 is 1. The molecule has 1 aromatic carbocycles. The van der Waals surface area contributed by atoms with Crippen molar-refractivity contribution in [2.75, 3.05) is 38.8 Å². The molecule has 1 rings (SSSR count). The number of hydrogen-bond acceptors (Lipinski definition) is 3. The van der Waals surface area contributed by atoms with E-state index >= 15 is 0 Å². The molecule has 19 heavy (non-hydrogen) atoms. The normalized spacial score (nSPS) is 12.4. The summed E-state index contributed by atoms with van der Waals surface area (Å²) in [4.78, 5) is 2.22. The lowest BCUT2D eigenvalue weighted by molar-refractivity contribution is 0.206. The zero-order valence-corrected chi connectivity index (χ0v) is 12.8. The number of rotatable bonds is 9. The largest absolute Gasteiger partial charge is 0.383 e. The first kappa shape index (κ1) is 16.0. The SMILES string of the molecule is CCCNC(CC)c1ccc(N(C)CCOC)cc1. The first-order chi connectivity index (χ1) is 9.22. The number of anilines is 1. The van der Waals surface area contributed by atoms with Crippen LogP contribution in [0.1, 0.15) is 38.3 Å². The fourth-order valence-corrected chi connectivity index (χ4v) is 2.13. The van der Waals surface area contributed by atoms with Gasteiger partial charge in [-0.05, 0) is 37.1 Å². The van der Waals surface area contributed by atoms with E-state index in [-0.39, 0.29) is 0 Å². The number of likely N-dealkylation sites (N-methyl/N-ethyl adjacent to an activating group) is 1. The van der Waals surface area contributed by atoms with Gasteiger partial charge in [-0.1, -0.05) is 26.0 Å². The van der Waals surface area contributed by atoms with Crippen LogP contribution in [0.4, 0.5) is 5.69 Å². The van der Waals surface area contributed by atoms with Crippen molar-refractivity contribution in [3.05, 3.63) is 29.8 Å². The van der Waals surface area contributed by atoms with Crippen LogP contribution in [0.2, 0.25) is 0 Å². The third-order valence-corrected chi connectivity index (χ3v) is 3.42. The van der Waals surface area contributed by atoms with Gasteiger partial charge in [0.2, 0.25) is 0 Å². The molecule has 108 valence electrons. The maximum atomic E-state index is 5.11. The van der Waals surface area contributed by atoms with Gasteiger partial charge in [0, 0.05) is 32.4 Å². The van der Waals surface area contributed by atoms with E-state index in [2.05, 4.69) is 55.4 Å². The van der Waals surface area contributed by atoms with Crippen molar-refractivity contribution in [3.63, 3.8) is 0 Å². The van der Waals surface area contributed by atoms with Crippen LogP contribution in [0.25, 0.3) is 0 Å². The minimum absolute atomic E-state index is 0.471. The van der Waals surface area contributed by atoms with E-state index < -0.39 is 0 Å². The molecule has 0 spiro atoms. The summed E-state index contributed by atoms with van der Waals surface area (Å²) in [6.07, 6.45) is 2.30. The lowest BCUT2D eigenvalue weighted by Crippen LogP contribution is -2.23. The molecule has 1 unspecified atom stereocenters. The summed E-state index contributed by atoms with van der Waals surface area (Å²) in [5, 5.41) is 3.58. The molecule has 0 aliphatic carbocycles. The highest BCUT2D eigenvalue weighted by atomic mass is 16.5. The van der Waals surface area contributed by atoms with E-state index in [4.69, 9.17) is 4.74 Å². The van der Waals surface area contributed by atoms with Gasteiger partial charge < -0.3 is 15.0 Å². The Labute approximate surface area is 118 Å². The molecule has 0 aliphatic rings. The molecule has 0 aliphatic heterocycles. The molecular weight excluding hydrogens is 236 g/mol. The van der Waals surface area contributed by atoms with Gasteiger partial charge in [0.1, 0.15) is 0 Å². The predicted octanol–water partition coefficient (Wildman–Crippen LogP) is 3.22. The Morgan fingerprint density at radius 3 is 2.42 bits per heavy atom. The van der Waals surface area contributed by atoms with Gasteiger partial charge >= 0.3 is 0 Å². The summed E-state index contributed by atoms with van der Waals surface area (Å²) >= 11 is 0. The second-order valence-corrected chi connectivity index (χ2v) is 4.92. The zero-order valence-electron chi connectivity index (χ0n) is 12.8. The number of hydrogen-bond donors (Lipinski definition) is 1. The van der Waals surface area contributed by atoms with Crippen molar-refractivity contribution >= 4 is 5.69 Å². The van der Waals surface area contributed by atoms with E-state index in [9.17, 15) is 0 Å². The van der Waals surface area contributed by atoms with Crippen LogP contribution in [0.15, 0.2) is 24.3 Å². The van der Waals surface area contributed by atoms with Crippen molar-refractivity contribution in [2.45, 2.75) is 32.7 Å².